The highest BCUT2D eigenvalue weighted by atomic mass is 79.9. The van der Waals surface area contributed by atoms with Crippen LogP contribution in [0, 0.1) is 0 Å². The number of aryl methyl sites for hydroxylation is 1. The Balaban J connectivity index is 2.32. The fraction of sp³-hybridized carbons (Fsp3) is 0.200. The molecule has 0 spiro atoms. The first kappa shape index (κ1) is 11.3. The normalized spacial score (nSPS) is 12.7. The zero-order chi connectivity index (χ0) is 11.5. The van der Waals surface area contributed by atoms with Gasteiger partial charge in [0.25, 0.3) is 0 Å². The SMILES string of the molecule is Cn1ccc(C(NN)c2ccc(Br)cn2)n1. The molecule has 0 saturated heterocycles. The number of hydrogen-bond acceptors (Lipinski definition) is 4. The van der Waals surface area contributed by atoms with Gasteiger partial charge in [-0.1, -0.05) is 0 Å². The van der Waals surface area contributed by atoms with E-state index >= 15 is 0 Å². The van der Waals surface area contributed by atoms with E-state index in [0.717, 1.165) is 15.9 Å². The lowest BCUT2D eigenvalue weighted by Crippen LogP contribution is -2.29. The maximum atomic E-state index is 5.53. The van der Waals surface area contributed by atoms with E-state index in [2.05, 4.69) is 31.4 Å². The Bertz CT molecular complexity index is 464. The predicted octanol–water partition coefficient (Wildman–Crippen LogP) is 1.13. The van der Waals surface area contributed by atoms with E-state index in [9.17, 15) is 0 Å². The highest BCUT2D eigenvalue weighted by Gasteiger charge is 2.15. The Hall–Kier alpha value is -1.24. The Kier molecular flexibility index (Phi) is 3.33. The molecule has 0 bridgehead atoms. The molecule has 1 unspecified atom stereocenters. The van der Waals surface area contributed by atoms with Crippen molar-refractivity contribution < 1.29 is 0 Å². The first-order valence-electron chi connectivity index (χ1n) is 4.78. The molecule has 2 aromatic rings. The van der Waals surface area contributed by atoms with Crippen molar-refractivity contribution in [3.8, 4) is 0 Å². The van der Waals surface area contributed by atoms with Gasteiger partial charge in [0.15, 0.2) is 0 Å². The molecule has 0 fully saturated rings. The highest BCUT2D eigenvalue weighted by molar-refractivity contribution is 9.10. The molecule has 2 aromatic heterocycles. The van der Waals surface area contributed by atoms with Crippen LogP contribution in [0.3, 0.4) is 0 Å². The minimum absolute atomic E-state index is 0.186. The minimum Gasteiger partial charge on any atom is -0.275 e. The number of aromatic nitrogens is 3. The van der Waals surface area contributed by atoms with Gasteiger partial charge in [-0.05, 0) is 34.1 Å². The summed E-state index contributed by atoms with van der Waals surface area (Å²) in [7, 11) is 1.87. The van der Waals surface area contributed by atoms with E-state index in [-0.39, 0.29) is 6.04 Å². The van der Waals surface area contributed by atoms with Crippen LogP contribution in [0.25, 0.3) is 0 Å². The van der Waals surface area contributed by atoms with Gasteiger partial charge >= 0.3 is 0 Å². The Labute approximate surface area is 102 Å². The predicted molar refractivity (Wildman–Crippen MR) is 64.3 cm³/mol. The summed E-state index contributed by atoms with van der Waals surface area (Å²) < 4.78 is 2.67. The second-order valence-corrected chi connectivity index (χ2v) is 4.33. The monoisotopic (exact) mass is 281 g/mol. The third-order valence-electron chi connectivity index (χ3n) is 2.24. The summed E-state index contributed by atoms with van der Waals surface area (Å²) in [5, 5.41) is 4.30. The molecule has 0 aromatic carbocycles. The molecule has 3 N–H and O–H groups in total. The molecule has 0 aliphatic heterocycles. The molecular formula is C10H12BrN5. The van der Waals surface area contributed by atoms with E-state index in [0.29, 0.717) is 0 Å². The van der Waals surface area contributed by atoms with Crippen molar-refractivity contribution in [1.29, 1.82) is 0 Å². The first-order chi connectivity index (χ1) is 7.70. The third kappa shape index (κ3) is 2.29. The average Bonchev–Trinajstić information content (AvgIpc) is 2.69. The van der Waals surface area contributed by atoms with E-state index in [1.54, 1.807) is 10.9 Å². The topological polar surface area (TPSA) is 68.8 Å². The molecule has 0 amide bonds. The van der Waals surface area contributed by atoms with E-state index in [1.165, 1.54) is 0 Å². The largest absolute Gasteiger partial charge is 0.275 e. The standard InChI is InChI=1S/C10H12BrN5/c1-16-5-4-9(15-16)10(14-12)8-3-2-7(11)6-13-8/h2-6,10,14H,12H2,1H3. The van der Waals surface area contributed by atoms with Gasteiger partial charge in [-0.3, -0.25) is 15.5 Å². The lowest BCUT2D eigenvalue weighted by atomic mass is 10.1. The molecule has 16 heavy (non-hydrogen) atoms. The number of nitrogens with one attached hydrogen (secondary N) is 1. The number of hydrogen-bond donors (Lipinski definition) is 2. The quantitative estimate of drug-likeness (QED) is 0.654. The van der Waals surface area contributed by atoms with Gasteiger partial charge in [-0.25, -0.2) is 5.43 Å². The van der Waals surface area contributed by atoms with Crippen LogP contribution in [0.1, 0.15) is 17.4 Å². The second kappa shape index (κ2) is 4.73. The van der Waals surface area contributed by atoms with Crippen molar-refractivity contribution in [3.05, 3.63) is 46.5 Å². The summed E-state index contributed by atoms with van der Waals surface area (Å²) in [5.74, 6) is 5.53. The van der Waals surface area contributed by atoms with Gasteiger partial charge in [0, 0.05) is 23.9 Å². The first-order valence-corrected chi connectivity index (χ1v) is 5.57. The van der Waals surface area contributed by atoms with Crippen molar-refractivity contribution >= 4 is 15.9 Å². The lowest BCUT2D eigenvalue weighted by molar-refractivity contribution is 0.590. The van der Waals surface area contributed by atoms with Gasteiger partial charge in [0.1, 0.15) is 6.04 Å². The number of nitrogens with two attached hydrogens (primary N) is 1. The number of halogens is 1. The molecule has 1 atom stereocenters. The second-order valence-electron chi connectivity index (χ2n) is 3.42. The summed E-state index contributed by atoms with van der Waals surface area (Å²) in [6.45, 7) is 0. The molecule has 84 valence electrons. The van der Waals surface area contributed by atoms with Crippen molar-refractivity contribution in [2.45, 2.75) is 6.04 Å². The van der Waals surface area contributed by atoms with Crippen LogP contribution < -0.4 is 11.3 Å². The maximum Gasteiger partial charge on any atom is 0.107 e. The zero-order valence-electron chi connectivity index (χ0n) is 8.76. The number of rotatable bonds is 3. The van der Waals surface area contributed by atoms with Crippen LogP contribution >= 0.6 is 15.9 Å². The summed E-state index contributed by atoms with van der Waals surface area (Å²) in [4.78, 5) is 4.30. The van der Waals surface area contributed by atoms with Crippen LogP contribution in [0.15, 0.2) is 35.1 Å². The molecular weight excluding hydrogens is 270 g/mol. The van der Waals surface area contributed by atoms with Gasteiger partial charge in [-0.15, -0.1) is 0 Å². The number of nitrogens with zero attached hydrogens (tertiary/aromatic N) is 3. The number of pyridine rings is 1. The van der Waals surface area contributed by atoms with Crippen molar-refractivity contribution in [2.75, 3.05) is 0 Å². The lowest BCUT2D eigenvalue weighted by Gasteiger charge is -2.12. The minimum atomic E-state index is -0.186. The molecule has 0 aliphatic carbocycles. The molecule has 0 saturated carbocycles. The van der Waals surface area contributed by atoms with Gasteiger partial charge < -0.3 is 0 Å². The maximum absolute atomic E-state index is 5.53. The van der Waals surface area contributed by atoms with E-state index in [4.69, 9.17) is 5.84 Å². The molecule has 6 heteroatoms. The smallest absolute Gasteiger partial charge is 0.107 e. The van der Waals surface area contributed by atoms with Crippen LogP contribution in [0.4, 0.5) is 0 Å². The molecule has 2 heterocycles. The van der Waals surface area contributed by atoms with Gasteiger partial charge in [0.2, 0.25) is 0 Å². The average molecular weight is 282 g/mol. The summed E-state index contributed by atoms with van der Waals surface area (Å²) >= 11 is 3.34. The third-order valence-corrected chi connectivity index (χ3v) is 2.71. The van der Waals surface area contributed by atoms with Crippen molar-refractivity contribution in [3.63, 3.8) is 0 Å². The summed E-state index contributed by atoms with van der Waals surface area (Å²) in [5.41, 5.74) is 4.40. The van der Waals surface area contributed by atoms with E-state index in [1.807, 2.05) is 31.4 Å². The molecule has 0 radical (unpaired) electrons. The summed E-state index contributed by atoms with van der Waals surface area (Å²) in [6.07, 6.45) is 3.61. The molecule has 0 aliphatic rings. The fourth-order valence-corrected chi connectivity index (χ4v) is 1.70. The van der Waals surface area contributed by atoms with Crippen LogP contribution in [-0.2, 0) is 7.05 Å². The highest BCUT2D eigenvalue weighted by Crippen LogP contribution is 2.18. The van der Waals surface area contributed by atoms with Gasteiger partial charge in [0.05, 0.1) is 11.4 Å². The van der Waals surface area contributed by atoms with Crippen LogP contribution in [0.2, 0.25) is 0 Å². The zero-order valence-corrected chi connectivity index (χ0v) is 10.3. The fourth-order valence-electron chi connectivity index (χ4n) is 1.47. The van der Waals surface area contributed by atoms with Crippen molar-refractivity contribution in [2.24, 2.45) is 12.9 Å². The van der Waals surface area contributed by atoms with Crippen LogP contribution in [0.5, 0.6) is 0 Å². The Morgan fingerprint density at radius 1 is 1.38 bits per heavy atom. The Morgan fingerprint density at radius 2 is 2.19 bits per heavy atom. The molecule has 2 rings (SSSR count). The van der Waals surface area contributed by atoms with Crippen molar-refractivity contribution in [1.82, 2.24) is 20.2 Å². The summed E-state index contributed by atoms with van der Waals surface area (Å²) in [6, 6.07) is 5.56. The molecule has 5 nitrogen and oxygen atoms in total. The number of hydrazine groups is 1. The van der Waals surface area contributed by atoms with E-state index < -0.39 is 0 Å². The van der Waals surface area contributed by atoms with Gasteiger partial charge in [-0.2, -0.15) is 5.10 Å². The Morgan fingerprint density at radius 3 is 2.69 bits per heavy atom. The van der Waals surface area contributed by atoms with Crippen LogP contribution in [-0.4, -0.2) is 14.8 Å².